The van der Waals surface area contributed by atoms with E-state index in [9.17, 15) is 18.0 Å². The molecule has 0 atom stereocenters. The van der Waals surface area contributed by atoms with Gasteiger partial charge in [0.05, 0.1) is 28.2 Å². The first-order valence-corrected chi connectivity index (χ1v) is 15.8. The van der Waals surface area contributed by atoms with Gasteiger partial charge in [-0.05, 0) is 49.8 Å². The van der Waals surface area contributed by atoms with Crippen LogP contribution in [0, 0.1) is 5.92 Å². The highest BCUT2D eigenvalue weighted by atomic mass is 32.2. The van der Waals surface area contributed by atoms with Crippen molar-refractivity contribution in [1.82, 2.24) is 24.4 Å². The van der Waals surface area contributed by atoms with Crippen molar-refractivity contribution < 1.29 is 22.7 Å². The molecule has 5 rings (SSSR count). The van der Waals surface area contributed by atoms with Crippen molar-refractivity contribution >= 4 is 38.6 Å². The van der Waals surface area contributed by atoms with Crippen LogP contribution in [0.5, 0.6) is 0 Å². The number of nitrogens with one attached hydrogen (secondary N) is 1. The molecule has 0 spiro atoms. The molecule has 1 saturated heterocycles. The maximum absolute atomic E-state index is 13.4. The Bertz CT molecular complexity index is 1510. The molecule has 1 aliphatic heterocycles. The highest BCUT2D eigenvalue weighted by molar-refractivity contribution is 7.90. The summed E-state index contributed by atoms with van der Waals surface area (Å²) in [6, 6.07) is 11.3. The molecular weight excluding hydrogens is 544 g/mol. The Morgan fingerprint density at radius 2 is 1.80 bits per heavy atom. The number of hydrogen-bond donors (Lipinski definition) is 1. The van der Waals surface area contributed by atoms with E-state index >= 15 is 0 Å². The molecule has 41 heavy (non-hydrogen) atoms. The summed E-state index contributed by atoms with van der Waals surface area (Å²) in [7, 11) is 0.766. The number of ether oxygens (including phenoxy) is 1. The zero-order chi connectivity index (χ0) is 29.1. The summed E-state index contributed by atoms with van der Waals surface area (Å²) in [5, 5.41) is 5.95. The average Bonchev–Trinajstić information content (AvgIpc) is 3.30. The minimum atomic E-state index is -4.06. The first-order chi connectivity index (χ1) is 19.7. The van der Waals surface area contributed by atoms with Crippen LogP contribution < -0.4 is 9.62 Å². The number of anilines is 1. The van der Waals surface area contributed by atoms with Gasteiger partial charge in [0.25, 0.3) is 5.91 Å². The molecule has 2 fully saturated rings. The van der Waals surface area contributed by atoms with Crippen molar-refractivity contribution in [3.8, 4) is 5.69 Å². The van der Waals surface area contributed by atoms with Gasteiger partial charge in [-0.3, -0.25) is 9.59 Å². The van der Waals surface area contributed by atoms with Gasteiger partial charge in [-0.1, -0.05) is 24.6 Å². The smallest absolute Gasteiger partial charge is 0.283 e. The lowest BCUT2D eigenvalue weighted by molar-refractivity contribution is -0.128. The second-order valence-electron chi connectivity index (χ2n) is 11.2. The molecule has 0 unspecified atom stereocenters. The van der Waals surface area contributed by atoms with Gasteiger partial charge in [0, 0.05) is 53.2 Å². The van der Waals surface area contributed by atoms with E-state index in [0.29, 0.717) is 24.1 Å². The van der Waals surface area contributed by atoms with E-state index in [-0.39, 0.29) is 18.0 Å². The Hall–Kier alpha value is -3.51. The van der Waals surface area contributed by atoms with Crippen molar-refractivity contribution in [2.45, 2.75) is 44.4 Å². The highest BCUT2D eigenvalue weighted by Crippen LogP contribution is 2.43. The number of hydrogen-bond acceptors (Lipinski definition) is 8. The largest absolute Gasteiger partial charge is 0.384 e. The predicted octanol–water partition coefficient (Wildman–Crippen LogP) is 3.09. The van der Waals surface area contributed by atoms with Crippen LogP contribution in [-0.2, 0) is 19.6 Å². The van der Waals surface area contributed by atoms with Gasteiger partial charge in [-0.25, -0.2) is 22.8 Å². The maximum Gasteiger partial charge on any atom is 0.283 e. The number of sulfonamides is 1. The van der Waals surface area contributed by atoms with Crippen molar-refractivity contribution in [2.75, 3.05) is 51.6 Å². The number of amides is 2. The lowest BCUT2D eigenvalue weighted by Gasteiger charge is -2.34. The minimum Gasteiger partial charge on any atom is -0.384 e. The Morgan fingerprint density at radius 3 is 2.41 bits per heavy atom. The lowest BCUT2D eigenvalue weighted by Crippen LogP contribution is -2.36. The number of methoxy groups -OCH3 is 1. The summed E-state index contributed by atoms with van der Waals surface area (Å²) >= 11 is 0. The van der Waals surface area contributed by atoms with Crippen LogP contribution in [0.3, 0.4) is 0 Å². The number of para-hydroxylation sites is 1. The van der Waals surface area contributed by atoms with E-state index < -0.39 is 21.7 Å². The van der Waals surface area contributed by atoms with Crippen molar-refractivity contribution in [1.29, 1.82) is 0 Å². The number of carbonyl (C=O) groups is 2. The van der Waals surface area contributed by atoms with Crippen LogP contribution in [0.2, 0.25) is 0 Å². The Labute approximate surface area is 240 Å². The fraction of sp³-hybridized carbons (Fsp3) is 0.517. The van der Waals surface area contributed by atoms with Crippen LogP contribution in [0.4, 0.5) is 5.69 Å². The topological polar surface area (TPSA) is 127 Å². The predicted molar refractivity (Wildman–Crippen MR) is 157 cm³/mol. The summed E-state index contributed by atoms with van der Waals surface area (Å²) in [6.07, 6.45) is 4.89. The third-order valence-electron chi connectivity index (χ3n) is 8.06. The zero-order valence-electron chi connectivity index (χ0n) is 23.9. The van der Waals surface area contributed by atoms with Crippen LogP contribution in [0.25, 0.3) is 16.7 Å². The van der Waals surface area contributed by atoms with Gasteiger partial charge in [0.2, 0.25) is 15.9 Å². The Morgan fingerprint density at radius 1 is 1.10 bits per heavy atom. The van der Waals surface area contributed by atoms with E-state index in [1.807, 2.05) is 30.3 Å². The molecule has 3 heterocycles. The number of fused-ring (bicyclic) bond motifs is 1. The molecule has 12 heteroatoms. The Balaban J connectivity index is 1.57. The van der Waals surface area contributed by atoms with Gasteiger partial charge in [-0.2, -0.15) is 5.10 Å². The van der Waals surface area contributed by atoms with Crippen LogP contribution >= 0.6 is 0 Å². The number of pyridine rings is 1. The second-order valence-corrected chi connectivity index (χ2v) is 13.0. The molecule has 2 aliphatic rings. The summed E-state index contributed by atoms with van der Waals surface area (Å²) in [6.45, 7) is 2.26. The van der Waals surface area contributed by atoms with Crippen LogP contribution in [0.1, 0.15) is 60.6 Å². The molecule has 220 valence electrons. The van der Waals surface area contributed by atoms with Crippen molar-refractivity contribution in [2.24, 2.45) is 5.92 Å². The van der Waals surface area contributed by atoms with E-state index in [2.05, 4.69) is 9.62 Å². The molecule has 1 saturated carbocycles. The third kappa shape index (κ3) is 6.38. The molecule has 1 N–H and O–H groups in total. The SMILES string of the molecule is COCC1CCN(c2cc(C(=O)NS(=O)(=O)CCC(=O)N(C)C)nc3c2c(C2CCC2)nn3-c2ccccc2)CC1. The van der Waals surface area contributed by atoms with Gasteiger partial charge >= 0.3 is 0 Å². The molecule has 1 aromatic carbocycles. The fourth-order valence-corrected chi connectivity index (χ4v) is 6.40. The van der Waals surface area contributed by atoms with Crippen LogP contribution in [-0.4, -0.2) is 86.6 Å². The minimum absolute atomic E-state index is 0.00809. The third-order valence-corrected chi connectivity index (χ3v) is 9.30. The monoisotopic (exact) mass is 582 g/mol. The van der Waals surface area contributed by atoms with E-state index in [4.69, 9.17) is 14.8 Å². The number of carbonyl (C=O) groups excluding carboxylic acids is 2. The molecule has 0 bridgehead atoms. The summed E-state index contributed by atoms with van der Waals surface area (Å²) < 4.78 is 34.8. The second kappa shape index (κ2) is 12.2. The summed E-state index contributed by atoms with van der Waals surface area (Å²) in [5.41, 5.74) is 3.15. The summed E-state index contributed by atoms with van der Waals surface area (Å²) in [5.74, 6) is -0.888. The van der Waals surface area contributed by atoms with E-state index in [1.165, 1.54) is 4.90 Å². The van der Waals surface area contributed by atoms with Crippen LogP contribution in [0.15, 0.2) is 36.4 Å². The zero-order valence-corrected chi connectivity index (χ0v) is 24.7. The van der Waals surface area contributed by atoms with Crippen molar-refractivity contribution in [3.63, 3.8) is 0 Å². The van der Waals surface area contributed by atoms with E-state index in [0.717, 1.165) is 67.6 Å². The molecular formula is C29H38N6O5S. The quantitative estimate of drug-likeness (QED) is 0.387. The first kappa shape index (κ1) is 29.0. The average molecular weight is 583 g/mol. The molecule has 2 amide bonds. The number of rotatable bonds is 10. The number of aromatic nitrogens is 3. The lowest BCUT2D eigenvalue weighted by atomic mass is 9.82. The maximum atomic E-state index is 13.4. The Kier molecular flexibility index (Phi) is 8.60. The van der Waals surface area contributed by atoms with Gasteiger partial charge in [-0.15, -0.1) is 0 Å². The number of benzene rings is 1. The number of nitrogens with zero attached hydrogens (tertiary/aromatic N) is 5. The normalized spacial score (nSPS) is 16.5. The molecule has 3 aromatic rings. The van der Waals surface area contributed by atoms with Gasteiger partial charge in [0.1, 0.15) is 5.69 Å². The van der Waals surface area contributed by atoms with Crippen molar-refractivity contribution in [3.05, 3.63) is 47.8 Å². The van der Waals surface area contributed by atoms with E-state index in [1.54, 1.807) is 32.0 Å². The number of piperidine rings is 1. The molecule has 2 aromatic heterocycles. The molecule has 0 radical (unpaired) electrons. The first-order valence-electron chi connectivity index (χ1n) is 14.1. The molecule has 11 nitrogen and oxygen atoms in total. The van der Waals surface area contributed by atoms with Gasteiger partial charge in [0.15, 0.2) is 5.65 Å². The molecule has 1 aliphatic carbocycles. The van der Waals surface area contributed by atoms with Gasteiger partial charge < -0.3 is 14.5 Å². The standard InChI is InChI=1S/C29H38N6O5S/c1-33(2)25(36)14-17-41(38,39)32-29(37)23-18-24(34-15-12-20(13-16-34)19-40-3)26-27(21-8-7-9-21)31-35(28(26)30-23)22-10-5-4-6-11-22/h4-6,10-11,18,20-21H,7-9,12-17,19H2,1-3H3,(H,32,37). The highest BCUT2D eigenvalue weighted by Gasteiger charge is 2.32. The summed E-state index contributed by atoms with van der Waals surface area (Å²) in [4.78, 5) is 33.6. The fourth-order valence-electron chi connectivity index (χ4n) is 5.47.